The quantitative estimate of drug-likeness (QED) is 0.0783. The van der Waals surface area contributed by atoms with Crippen LogP contribution in [-0.4, -0.2) is 43.8 Å². The minimum absolute atomic E-state index is 0.127. The molecule has 0 radical (unpaired) electrons. The normalized spacial score (nSPS) is 12.3. The Balaban J connectivity index is 1.60. The van der Waals surface area contributed by atoms with Gasteiger partial charge in [0.1, 0.15) is 25.0 Å². The van der Waals surface area contributed by atoms with E-state index < -0.39 is 0 Å². The van der Waals surface area contributed by atoms with E-state index in [1.807, 2.05) is 12.1 Å². The molecule has 0 aliphatic rings. The molecule has 0 fully saturated rings. The monoisotopic (exact) mass is 552 g/mol. The number of benzene rings is 2. The fourth-order valence-electron chi connectivity index (χ4n) is 5.18. The SMILES string of the molecule is CCCCCCCCCCCCCCc1cccc(OC(CC)COC(=O)CC[N+](C)(C)Cc2ccccc2)c1. The van der Waals surface area contributed by atoms with Crippen molar-refractivity contribution in [1.29, 1.82) is 0 Å². The number of rotatable bonds is 23. The first kappa shape index (κ1) is 33.9. The number of hydrogen-bond donors (Lipinski definition) is 0. The van der Waals surface area contributed by atoms with Crippen molar-refractivity contribution in [1.82, 2.24) is 0 Å². The van der Waals surface area contributed by atoms with Crippen molar-refractivity contribution in [3.8, 4) is 5.75 Å². The molecule has 2 aromatic carbocycles. The fraction of sp³-hybridized carbons (Fsp3) is 0.639. The Morgan fingerprint density at radius 1 is 0.750 bits per heavy atom. The van der Waals surface area contributed by atoms with Crippen LogP contribution in [-0.2, 0) is 22.5 Å². The number of hydrogen-bond acceptors (Lipinski definition) is 3. The second-order valence-electron chi connectivity index (χ2n) is 12.2. The fourth-order valence-corrected chi connectivity index (χ4v) is 5.18. The first-order chi connectivity index (χ1) is 19.4. The minimum atomic E-state index is -0.151. The molecule has 224 valence electrons. The van der Waals surface area contributed by atoms with Gasteiger partial charge in [-0.25, -0.2) is 0 Å². The summed E-state index contributed by atoms with van der Waals surface area (Å²) in [6.07, 6.45) is 18.6. The van der Waals surface area contributed by atoms with E-state index in [9.17, 15) is 4.79 Å². The molecule has 0 heterocycles. The van der Waals surface area contributed by atoms with Crippen LogP contribution in [0.5, 0.6) is 5.75 Å². The van der Waals surface area contributed by atoms with Gasteiger partial charge >= 0.3 is 5.97 Å². The van der Waals surface area contributed by atoms with E-state index in [4.69, 9.17) is 9.47 Å². The number of carbonyl (C=O) groups is 1. The van der Waals surface area contributed by atoms with E-state index in [2.05, 4.69) is 70.4 Å². The van der Waals surface area contributed by atoms with E-state index in [0.717, 1.165) is 36.2 Å². The number of ether oxygens (including phenoxy) is 2. The van der Waals surface area contributed by atoms with Crippen molar-refractivity contribution in [2.75, 3.05) is 27.2 Å². The highest BCUT2D eigenvalue weighted by Crippen LogP contribution is 2.19. The van der Waals surface area contributed by atoms with Crippen LogP contribution in [0.1, 0.15) is 115 Å². The third-order valence-electron chi connectivity index (χ3n) is 7.78. The molecular formula is C36H58NO3+. The number of unbranched alkanes of at least 4 members (excludes halogenated alkanes) is 11. The minimum Gasteiger partial charge on any atom is -0.487 e. The summed E-state index contributed by atoms with van der Waals surface area (Å²) in [5, 5.41) is 0. The van der Waals surface area contributed by atoms with Crippen molar-refractivity contribution < 1.29 is 18.8 Å². The Labute approximate surface area is 246 Å². The average molecular weight is 553 g/mol. The third kappa shape index (κ3) is 16.1. The zero-order valence-corrected chi connectivity index (χ0v) is 26.2. The van der Waals surface area contributed by atoms with Gasteiger partial charge in [0.15, 0.2) is 0 Å². The van der Waals surface area contributed by atoms with E-state index >= 15 is 0 Å². The molecule has 0 amide bonds. The number of carbonyl (C=O) groups excluding carboxylic acids is 1. The molecule has 0 aromatic heterocycles. The molecule has 0 saturated heterocycles. The Morgan fingerprint density at radius 2 is 1.35 bits per heavy atom. The van der Waals surface area contributed by atoms with E-state index in [0.29, 0.717) is 13.0 Å². The molecule has 4 nitrogen and oxygen atoms in total. The molecule has 2 aromatic rings. The van der Waals surface area contributed by atoms with Crippen LogP contribution in [0.25, 0.3) is 0 Å². The third-order valence-corrected chi connectivity index (χ3v) is 7.78. The van der Waals surface area contributed by atoms with Crippen LogP contribution in [0, 0.1) is 0 Å². The lowest BCUT2D eigenvalue weighted by Crippen LogP contribution is -2.40. The van der Waals surface area contributed by atoms with Crippen LogP contribution >= 0.6 is 0 Å². The number of nitrogens with zero attached hydrogens (tertiary/aromatic N) is 1. The lowest BCUT2D eigenvalue weighted by Gasteiger charge is -2.29. The van der Waals surface area contributed by atoms with Gasteiger partial charge in [-0.1, -0.05) is 127 Å². The summed E-state index contributed by atoms with van der Waals surface area (Å²) in [4.78, 5) is 12.5. The van der Waals surface area contributed by atoms with Crippen LogP contribution in [0.15, 0.2) is 54.6 Å². The number of aryl methyl sites for hydroxylation is 1. The van der Waals surface area contributed by atoms with Crippen LogP contribution in [0.2, 0.25) is 0 Å². The van der Waals surface area contributed by atoms with Gasteiger partial charge in [0.05, 0.1) is 27.1 Å². The molecule has 4 heteroatoms. The Hall–Kier alpha value is -2.33. The van der Waals surface area contributed by atoms with Gasteiger partial charge in [-0.2, -0.15) is 0 Å². The molecule has 0 aliphatic heterocycles. The maximum absolute atomic E-state index is 12.5. The van der Waals surface area contributed by atoms with Crippen molar-refractivity contribution in [3.63, 3.8) is 0 Å². The van der Waals surface area contributed by atoms with E-state index in [1.165, 1.54) is 88.2 Å². The number of quaternary nitrogens is 1. The highest BCUT2D eigenvalue weighted by atomic mass is 16.6. The predicted octanol–water partition coefficient (Wildman–Crippen LogP) is 9.30. The molecule has 1 atom stereocenters. The summed E-state index contributed by atoms with van der Waals surface area (Å²) in [6, 6.07) is 18.9. The molecule has 0 spiro atoms. The van der Waals surface area contributed by atoms with Crippen molar-refractivity contribution in [2.45, 2.75) is 123 Å². The topological polar surface area (TPSA) is 35.5 Å². The Morgan fingerprint density at radius 3 is 1.98 bits per heavy atom. The molecule has 2 rings (SSSR count). The van der Waals surface area contributed by atoms with Crippen molar-refractivity contribution in [2.24, 2.45) is 0 Å². The van der Waals surface area contributed by atoms with Gasteiger partial charge in [0.2, 0.25) is 0 Å². The van der Waals surface area contributed by atoms with Crippen molar-refractivity contribution >= 4 is 5.97 Å². The highest BCUT2D eigenvalue weighted by Gasteiger charge is 2.19. The second kappa shape index (κ2) is 20.5. The lowest BCUT2D eigenvalue weighted by atomic mass is 10.0. The molecule has 0 bridgehead atoms. The predicted molar refractivity (Wildman–Crippen MR) is 169 cm³/mol. The summed E-state index contributed by atoms with van der Waals surface area (Å²) >= 11 is 0. The van der Waals surface area contributed by atoms with Crippen molar-refractivity contribution in [3.05, 3.63) is 65.7 Å². The molecular weight excluding hydrogens is 494 g/mol. The average Bonchev–Trinajstić information content (AvgIpc) is 2.95. The maximum atomic E-state index is 12.5. The zero-order valence-electron chi connectivity index (χ0n) is 26.2. The molecule has 0 aliphatic carbocycles. The van der Waals surface area contributed by atoms with Gasteiger partial charge in [-0.05, 0) is 37.0 Å². The second-order valence-corrected chi connectivity index (χ2v) is 12.2. The summed E-state index contributed by atoms with van der Waals surface area (Å²) in [5.74, 6) is 0.724. The van der Waals surface area contributed by atoms with Gasteiger partial charge in [-0.15, -0.1) is 0 Å². The summed E-state index contributed by atoms with van der Waals surface area (Å²) in [6.45, 7) is 6.29. The smallest absolute Gasteiger partial charge is 0.311 e. The van der Waals surface area contributed by atoms with Gasteiger partial charge in [0, 0.05) is 5.56 Å². The Kier molecular flexibility index (Phi) is 17.4. The van der Waals surface area contributed by atoms with Crippen LogP contribution in [0.4, 0.5) is 0 Å². The van der Waals surface area contributed by atoms with Crippen LogP contribution in [0.3, 0.4) is 0 Å². The summed E-state index contributed by atoms with van der Waals surface area (Å²) < 4.78 is 12.6. The molecule has 40 heavy (non-hydrogen) atoms. The largest absolute Gasteiger partial charge is 0.487 e. The maximum Gasteiger partial charge on any atom is 0.311 e. The van der Waals surface area contributed by atoms with E-state index in [1.54, 1.807) is 0 Å². The molecule has 1 unspecified atom stereocenters. The summed E-state index contributed by atoms with van der Waals surface area (Å²) in [5.41, 5.74) is 2.61. The van der Waals surface area contributed by atoms with E-state index in [-0.39, 0.29) is 12.1 Å². The van der Waals surface area contributed by atoms with Gasteiger partial charge in [0.25, 0.3) is 0 Å². The molecule has 0 saturated carbocycles. The molecule has 0 N–H and O–H groups in total. The lowest BCUT2D eigenvalue weighted by molar-refractivity contribution is -0.903. The Bertz CT molecular complexity index is 911. The zero-order chi connectivity index (χ0) is 28.9. The number of esters is 1. The first-order valence-electron chi connectivity index (χ1n) is 16.2. The van der Waals surface area contributed by atoms with Gasteiger partial charge in [-0.3, -0.25) is 4.79 Å². The highest BCUT2D eigenvalue weighted by molar-refractivity contribution is 5.69. The summed E-state index contributed by atoms with van der Waals surface area (Å²) in [7, 11) is 4.31. The van der Waals surface area contributed by atoms with Gasteiger partial charge < -0.3 is 14.0 Å². The van der Waals surface area contributed by atoms with Crippen LogP contribution < -0.4 is 4.74 Å². The first-order valence-corrected chi connectivity index (χ1v) is 16.2. The standard InChI is InChI=1S/C36H58NO3/c1-5-7-8-9-10-11-12-13-14-15-16-18-22-32-25-21-26-35(29-32)40-34(6-2)31-39-36(38)27-28-37(3,4)30-33-23-19-17-20-24-33/h17,19-21,23-26,29,34H,5-16,18,22,27-28,30-31H2,1-4H3/q+1.